The third-order valence-electron chi connectivity index (χ3n) is 3.39. The largest absolute Gasteiger partial charge is 0.478 e. The lowest BCUT2D eigenvalue weighted by Crippen LogP contribution is -2.17. The summed E-state index contributed by atoms with van der Waals surface area (Å²) in [6, 6.07) is 9.70. The first kappa shape index (κ1) is 14.6. The van der Waals surface area contributed by atoms with Gasteiger partial charge >= 0.3 is 5.97 Å². The Morgan fingerprint density at radius 2 is 2.00 bits per heavy atom. The van der Waals surface area contributed by atoms with Crippen molar-refractivity contribution in [3.63, 3.8) is 0 Å². The molecular weight excluding hydrogens is 270 g/mol. The van der Waals surface area contributed by atoms with Gasteiger partial charge in [0.1, 0.15) is 0 Å². The molecule has 1 unspecified atom stereocenters. The maximum absolute atomic E-state index is 11.2. The Bertz CT molecular complexity index is 591. The van der Waals surface area contributed by atoms with Crippen LogP contribution >= 0.6 is 11.3 Å². The van der Waals surface area contributed by atoms with Gasteiger partial charge in [-0.05, 0) is 42.0 Å². The molecule has 0 aliphatic carbocycles. The van der Waals surface area contributed by atoms with Crippen LogP contribution in [0.1, 0.15) is 40.7 Å². The third kappa shape index (κ3) is 3.02. The predicted molar refractivity (Wildman–Crippen MR) is 83.7 cm³/mol. The number of benzene rings is 1. The lowest BCUT2D eigenvalue weighted by Gasteiger charge is -2.24. The molecule has 1 heterocycles. The number of carboxylic acid groups (broad SMARTS) is 1. The second-order valence-corrected chi connectivity index (χ2v) is 6.14. The van der Waals surface area contributed by atoms with E-state index in [1.54, 1.807) is 23.5 Å². The van der Waals surface area contributed by atoms with Gasteiger partial charge in [-0.3, -0.25) is 0 Å². The highest BCUT2D eigenvalue weighted by Gasteiger charge is 2.18. The predicted octanol–water partition coefficient (Wildman–Crippen LogP) is 4.56. The van der Waals surface area contributed by atoms with Crippen LogP contribution < -0.4 is 5.32 Å². The van der Waals surface area contributed by atoms with Gasteiger partial charge in [-0.15, -0.1) is 11.3 Å². The number of hydrogen-bond donors (Lipinski definition) is 2. The molecule has 1 atom stereocenters. The van der Waals surface area contributed by atoms with Crippen molar-refractivity contribution < 1.29 is 9.90 Å². The van der Waals surface area contributed by atoms with Crippen molar-refractivity contribution in [2.75, 3.05) is 5.32 Å². The molecule has 2 aromatic rings. The number of hydrogen-bond acceptors (Lipinski definition) is 3. The molecular formula is C16H19NO2S. The van der Waals surface area contributed by atoms with Crippen molar-refractivity contribution >= 4 is 23.0 Å². The van der Waals surface area contributed by atoms with Crippen LogP contribution in [0.5, 0.6) is 0 Å². The zero-order chi connectivity index (χ0) is 14.7. The fourth-order valence-electron chi connectivity index (χ4n) is 2.23. The highest BCUT2D eigenvalue weighted by Crippen LogP contribution is 2.31. The molecule has 0 fully saturated rings. The molecule has 0 saturated carbocycles. The molecule has 0 spiro atoms. The minimum Gasteiger partial charge on any atom is -0.478 e. The van der Waals surface area contributed by atoms with Crippen LogP contribution in [0.4, 0.5) is 5.69 Å². The van der Waals surface area contributed by atoms with E-state index in [0.717, 1.165) is 11.3 Å². The molecule has 0 bridgehead atoms. The monoisotopic (exact) mass is 289 g/mol. The van der Waals surface area contributed by atoms with Crippen LogP contribution in [0, 0.1) is 12.8 Å². The van der Waals surface area contributed by atoms with Gasteiger partial charge in [0, 0.05) is 10.6 Å². The zero-order valence-electron chi connectivity index (χ0n) is 11.9. The minimum atomic E-state index is -0.886. The SMILES string of the molecule is Cc1c(NC(c2cccs2)C(C)C)cccc1C(=O)O. The van der Waals surface area contributed by atoms with Crippen LogP contribution in [0.2, 0.25) is 0 Å². The summed E-state index contributed by atoms with van der Waals surface area (Å²) in [7, 11) is 0. The summed E-state index contributed by atoms with van der Waals surface area (Å²) in [5.74, 6) is -0.468. The summed E-state index contributed by atoms with van der Waals surface area (Å²) in [5.41, 5.74) is 2.02. The van der Waals surface area contributed by atoms with Crippen molar-refractivity contribution in [1.29, 1.82) is 0 Å². The summed E-state index contributed by atoms with van der Waals surface area (Å²) in [5, 5.41) is 14.7. The number of aromatic carboxylic acids is 1. The summed E-state index contributed by atoms with van der Waals surface area (Å²) >= 11 is 1.72. The molecule has 2 N–H and O–H groups in total. The van der Waals surface area contributed by atoms with Crippen LogP contribution in [0.25, 0.3) is 0 Å². The number of anilines is 1. The maximum Gasteiger partial charge on any atom is 0.336 e. The standard InChI is InChI=1S/C16H19NO2S/c1-10(2)15(14-8-5-9-20-14)17-13-7-4-6-12(11(13)3)16(18)19/h4-10,15,17H,1-3H3,(H,18,19). The van der Waals surface area contributed by atoms with Crippen molar-refractivity contribution in [3.05, 3.63) is 51.7 Å². The molecule has 0 aliphatic heterocycles. The second kappa shape index (κ2) is 6.09. The Balaban J connectivity index is 2.32. The molecule has 4 heteroatoms. The summed E-state index contributed by atoms with van der Waals surface area (Å²) in [4.78, 5) is 12.5. The Morgan fingerprint density at radius 3 is 2.55 bits per heavy atom. The average molecular weight is 289 g/mol. The van der Waals surface area contributed by atoms with Crippen LogP contribution in [0.3, 0.4) is 0 Å². The Morgan fingerprint density at radius 1 is 1.25 bits per heavy atom. The van der Waals surface area contributed by atoms with E-state index < -0.39 is 5.97 Å². The van der Waals surface area contributed by atoms with E-state index in [0.29, 0.717) is 11.5 Å². The summed E-state index contributed by atoms with van der Waals surface area (Å²) in [6.45, 7) is 6.17. The minimum absolute atomic E-state index is 0.192. The number of rotatable bonds is 5. The van der Waals surface area contributed by atoms with E-state index in [-0.39, 0.29) is 6.04 Å². The average Bonchev–Trinajstić information content (AvgIpc) is 2.90. The van der Waals surface area contributed by atoms with Gasteiger partial charge in [0.2, 0.25) is 0 Å². The molecule has 0 radical (unpaired) electrons. The molecule has 106 valence electrons. The van der Waals surface area contributed by atoms with Gasteiger partial charge in [-0.25, -0.2) is 4.79 Å². The number of carboxylic acids is 1. The van der Waals surface area contributed by atoms with Crippen molar-refractivity contribution in [2.45, 2.75) is 26.8 Å². The van der Waals surface area contributed by atoms with Gasteiger partial charge in [0.05, 0.1) is 11.6 Å². The quantitative estimate of drug-likeness (QED) is 0.848. The molecule has 1 aromatic carbocycles. The van der Waals surface area contributed by atoms with Gasteiger partial charge in [-0.2, -0.15) is 0 Å². The van der Waals surface area contributed by atoms with Crippen LogP contribution in [-0.4, -0.2) is 11.1 Å². The number of carbonyl (C=O) groups is 1. The number of nitrogens with one attached hydrogen (secondary N) is 1. The van der Waals surface area contributed by atoms with Crippen LogP contribution in [0.15, 0.2) is 35.7 Å². The Labute approximate surface area is 123 Å². The Kier molecular flexibility index (Phi) is 4.45. The lowest BCUT2D eigenvalue weighted by molar-refractivity contribution is 0.0696. The normalized spacial score (nSPS) is 12.4. The summed E-state index contributed by atoms with van der Waals surface area (Å²) < 4.78 is 0. The summed E-state index contributed by atoms with van der Waals surface area (Å²) in [6.07, 6.45) is 0. The molecule has 1 aromatic heterocycles. The molecule has 3 nitrogen and oxygen atoms in total. The first-order valence-corrected chi connectivity index (χ1v) is 7.51. The van der Waals surface area contributed by atoms with E-state index >= 15 is 0 Å². The van der Waals surface area contributed by atoms with E-state index in [2.05, 4.69) is 30.6 Å². The highest BCUT2D eigenvalue weighted by atomic mass is 32.1. The van der Waals surface area contributed by atoms with Crippen molar-refractivity contribution in [2.24, 2.45) is 5.92 Å². The van der Waals surface area contributed by atoms with E-state index in [1.807, 2.05) is 19.1 Å². The van der Waals surface area contributed by atoms with Gasteiger partial charge in [-0.1, -0.05) is 26.0 Å². The topological polar surface area (TPSA) is 49.3 Å². The van der Waals surface area contributed by atoms with Gasteiger partial charge in [0.15, 0.2) is 0 Å². The molecule has 0 amide bonds. The first-order valence-electron chi connectivity index (χ1n) is 6.63. The molecule has 2 rings (SSSR count). The number of thiophene rings is 1. The maximum atomic E-state index is 11.2. The smallest absolute Gasteiger partial charge is 0.336 e. The van der Waals surface area contributed by atoms with Crippen molar-refractivity contribution in [1.82, 2.24) is 0 Å². The van der Waals surface area contributed by atoms with Gasteiger partial charge < -0.3 is 10.4 Å². The van der Waals surface area contributed by atoms with Crippen molar-refractivity contribution in [3.8, 4) is 0 Å². The first-order chi connectivity index (χ1) is 9.50. The molecule has 0 saturated heterocycles. The third-order valence-corrected chi connectivity index (χ3v) is 4.35. The second-order valence-electron chi connectivity index (χ2n) is 5.16. The Hall–Kier alpha value is -1.81. The van der Waals surface area contributed by atoms with E-state index in [9.17, 15) is 9.90 Å². The fourth-order valence-corrected chi connectivity index (χ4v) is 3.17. The van der Waals surface area contributed by atoms with E-state index in [1.165, 1.54) is 4.88 Å². The highest BCUT2D eigenvalue weighted by molar-refractivity contribution is 7.10. The van der Waals surface area contributed by atoms with E-state index in [4.69, 9.17) is 0 Å². The molecule has 20 heavy (non-hydrogen) atoms. The van der Waals surface area contributed by atoms with Crippen LogP contribution in [-0.2, 0) is 0 Å². The van der Waals surface area contributed by atoms with Gasteiger partial charge in [0.25, 0.3) is 0 Å². The fraction of sp³-hybridized carbons (Fsp3) is 0.312. The lowest BCUT2D eigenvalue weighted by atomic mass is 10.0. The molecule has 0 aliphatic rings. The zero-order valence-corrected chi connectivity index (χ0v) is 12.7.